The SMILES string of the molecule is O=C1CCC2(Cc3ccccc3)CNCCC2C1. The standard InChI is InChI=1S/C16H21NO/c18-15-6-8-16(11-13-4-2-1-3-5-13)12-17-9-7-14(16)10-15/h1-5,14,17H,6-12H2. The molecule has 1 N–H and O–H groups in total. The van der Waals surface area contributed by atoms with Crippen LogP contribution in [0.5, 0.6) is 0 Å². The predicted molar refractivity (Wildman–Crippen MR) is 72.4 cm³/mol. The number of fused-ring (bicyclic) bond motifs is 1. The summed E-state index contributed by atoms with van der Waals surface area (Å²) < 4.78 is 0. The first-order chi connectivity index (χ1) is 8.78. The summed E-state index contributed by atoms with van der Waals surface area (Å²) in [5.41, 5.74) is 1.74. The van der Waals surface area contributed by atoms with Crippen LogP contribution in [-0.4, -0.2) is 18.9 Å². The number of hydrogen-bond acceptors (Lipinski definition) is 2. The molecule has 1 saturated heterocycles. The number of rotatable bonds is 2. The molecule has 1 saturated carbocycles. The monoisotopic (exact) mass is 243 g/mol. The molecule has 2 fully saturated rings. The third-order valence-corrected chi connectivity index (χ3v) is 4.79. The van der Waals surface area contributed by atoms with Crippen molar-refractivity contribution in [3.8, 4) is 0 Å². The molecule has 96 valence electrons. The lowest BCUT2D eigenvalue weighted by atomic mass is 9.60. The number of carbonyl (C=O) groups excluding carboxylic acids is 1. The number of benzene rings is 1. The number of hydrogen-bond donors (Lipinski definition) is 1. The maximum Gasteiger partial charge on any atom is 0.133 e. The molecule has 1 aromatic carbocycles. The van der Waals surface area contributed by atoms with Gasteiger partial charge < -0.3 is 5.32 Å². The van der Waals surface area contributed by atoms with Crippen LogP contribution in [0.4, 0.5) is 0 Å². The van der Waals surface area contributed by atoms with Gasteiger partial charge >= 0.3 is 0 Å². The van der Waals surface area contributed by atoms with Gasteiger partial charge in [-0.15, -0.1) is 0 Å². The zero-order valence-corrected chi connectivity index (χ0v) is 10.8. The Bertz CT molecular complexity index is 428. The van der Waals surface area contributed by atoms with E-state index in [-0.39, 0.29) is 0 Å². The molecule has 1 aliphatic carbocycles. The maximum absolute atomic E-state index is 11.7. The minimum absolute atomic E-state index is 0.327. The lowest BCUT2D eigenvalue weighted by molar-refractivity contribution is -0.126. The molecule has 0 aromatic heterocycles. The molecule has 2 unspecified atom stereocenters. The molecule has 0 amide bonds. The number of carbonyl (C=O) groups is 1. The van der Waals surface area contributed by atoms with Gasteiger partial charge in [-0.25, -0.2) is 0 Å². The normalized spacial score (nSPS) is 32.0. The van der Waals surface area contributed by atoms with Gasteiger partial charge in [0.2, 0.25) is 0 Å². The Kier molecular flexibility index (Phi) is 3.21. The fraction of sp³-hybridized carbons (Fsp3) is 0.562. The molecule has 3 rings (SSSR count). The highest BCUT2D eigenvalue weighted by Crippen LogP contribution is 2.45. The zero-order valence-electron chi connectivity index (χ0n) is 10.8. The molecule has 2 aliphatic rings. The minimum Gasteiger partial charge on any atom is -0.316 e. The first-order valence-electron chi connectivity index (χ1n) is 7.05. The van der Waals surface area contributed by atoms with Gasteiger partial charge in [0.15, 0.2) is 0 Å². The van der Waals surface area contributed by atoms with Gasteiger partial charge in [-0.05, 0) is 42.7 Å². The van der Waals surface area contributed by atoms with E-state index in [0.29, 0.717) is 17.1 Å². The molecular formula is C16H21NO. The fourth-order valence-electron chi connectivity index (χ4n) is 3.74. The van der Waals surface area contributed by atoms with E-state index in [1.165, 1.54) is 12.0 Å². The summed E-state index contributed by atoms with van der Waals surface area (Å²) >= 11 is 0. The smallest absolute Gasteiger partial charge is 0.133 e. The first-order valence-corrected chi connectivity index (χ1v) is 7.05. The highest BCUT2D eigenvalue weighted by Gasteiger charge is 2.44. The highest BCUT2D eigenvalue weighted by molar-refractivity contribution is 5.79. The van der Waals surface area contributed by atoms with Gasteiger partial charge in [-0.1, -0.05) is 30.3 Å². The van der Waals surface area contributed by atoms with E-state index in [1.54, 1.807) is 0 Å². The Morgan fingerprint density at radius 1 is 1.28 bits per heavy atom. The van der Waals surface area contributed by atoms with Gasteiger partial charge in [0, 0.05) is 19.4 Å². The van der Waals surface area contributed by atoms with Crippen molar-refractivity contribution in [1.82, 2.24) is 5.32 Å². The van der Waals surface area contributed by atoms with E-state index in [1.807, 2.05) is 0 Å². The summed E-state index contributed by atoms with van der Waals surface area (Å²) in [6, 6.07) is 10.7. The predicted octanol–water partition coefficient (Wildman–Crippen LogP) is 2.58. The first kappa shape index (κ1) is 11.9. The van der Waals surface area contributed by atoms with Crippen molar-refractivity contribution in [3.05, 3.63) is 35.9 Å². The van der Waals surface area contributed by atoms with Crippen molar-refractivity contribution >= 4 is 5.78 Å². The third kappa shape index (κ3) is 2.22. The Morgan fingerprint density at radius 2 is 2.11 bits per heavy atom. The van der Waals surface area contributed by atoms with Crippen LogP contribution in [0.25, 0.3) is 0 Å². The van der Waals surface area contributed by atoms with Crippen molar-refractivity contribution in [2.24, 2.45) is 11.3 Å². The van der Waals surface area contributed by atoms with Crippen molar-refractivity contribution in [2.45, 2.75) is 32.1 Å². The fourth-order valence-corrected chi connectivity index (χ4v) is 3.74. The van der Waals surface area contributed by atoms with E-state index in [4.69, 9.17) is 0 Å². The Morgan fingerprint density at radius 3 is 2.94 bits per heavy atom. The topological polar surface area (TPSA) is 29.1 Å². The van der Waals surface area contributed by atoms with E-state index in [9.17, 15) is 4.79 Å². The molecule has 2 heteroatoms. The van der Waals surface area contributed by atoms with Crippen LogP contribution in [-0.2, 0) is 11.2 Å². The second-order valence-electron chi connectivity index (χ2n) is 5.93. The quantitative estimate of drug-likeness (QED) is 0.865. The van der Waals surface area contributed by atoms with Crippen LogP contribution in [0.15, 0.2) is 30.3 Å². The van der Waals surface area contributed by atoms with E-state index >= 15 is 0 Å². The third-order valence-electron chi connectivity index (χ3n) is 4.79. The second kappa shape index (κ2) is 4.85. The highest BCUT2D eigenvalue weighted by atomic mass is 16.1. The summed E-state index contributed by atoms with van der Waals surface area (Å²) in [7, 11) is 0. The van der Waals surface area contributed by atoms with Gasteiger partial charge in [-0.2, -0.15) is 0 Å². The summed E-state index contributed by atoms with van der Waals surface area (Å²) in [4.78, 5) is 11.7. The zero-order chi connectivity index (χ0) is 12.4. The van der Waals surface area contributed by atoms with Gasteiger partial charge in [0.25, 0.3) is 0 Å². The molecule has 2 nitrogen and oxygen atoms in total. The molecule has 1 aromatic rings. The van der Waals surface area contributed by atoms with Gasteiger partial charge in [0.05, 0.1) is 0 Å². The van der Waals surface area contributed by atoms with Gasteiger partial charge in [0.1, 0.15) is 5.78 Å². The molecule has 0 radical (unpaired) electrons. The van der Waals surface area contributed by atoms with E-state index in [0.717, 1.165) is 38.8 Å². The Hall–Kier alpha value is -1.15. The second-order valence-corrected chi connectivity index (χ2v) is 5.93. The lowest BCUT2D eigenvalue weighted by Crippen LogP contribution is -2.50. The minimum atomic E-state index is 0.327. The average Bonchev–Trinajstić information content (AvgIpc) is 2.40. The Labute approximate surface area is 109 Å². The van der Waals surface area contributed by atoms with Crippen LogP contribution in [0.2, 0.25) is 0 Å². The van der Waals surface area contributed by atoms with Crippen molar-refractivity contribution in [1.29, 1.82) is 0 Å². The van der Waals surface area contributed by atoms with Crippen molar-refractivity contribution in [3.63, 3.8) is 0 Å². The maximum atomic E-state index is 11.7. The van der Waals surface area contributed by atoms with E-state index < -0.39 is 0 Å². The van der Waals surface area contributed by atoms with Crippen molar-refractivity contribution in [2.75, 3.05) is 13.1 Å². The molecule has 18 heavy (non-hydrogen) atoms. The number of piperidine rings is 1. The van der Waals surface area contributed by atoms with E-state index in [2.05, 4.69) is 35.6 Å². The lowest BCUT2D eigenvalue weighted by Gasteiger charge is -2.47. The number of Topliss-reactive ketones (excluding diaryl/α,β-unsaturated/α-hetero) is 1. The van der Waals surface area contributed by atoms with Crippen LogP contribution in [0.1, 0.15) is 31.2 Å². The molecule has 1 heterocycles. The summed E-state index contributed by atoms with van der Waals surface area (Å²) in [6.45, 7) is 2.16. The molecular weight excluding hydrogens is 222 g/mol. The number of nitrogens with one attached hydrogen (secondary N) is 1. The summed E-state index contributed by atoms with van der Waals surface area (Å²) in [5, 5.41) is 3.55. The molecule has 1 aliphatic heterocycles. The summed E-state index contributed by atoms with van der Waals surface area (Å²) in [5.74, 6) is 1.07. The van der Waals surface area contributed by atoms with Crippen LogP contribution >= 0.6 is 0 Å². The van der Waals surface area contributed by atoms with Crippen LogP contribution < -0.4 is 5.32 Å². The molecule has 2 atom stereocenters. The van der Waals surface area contributed by atoms with Crippen LogP contribution in [0.3, 0.4) is 0 Å². The van der Waals surface area contributed by atoms with Crippen LogP contribution in [0, 0.1) is 11.3 Å². The largest absolute Gasteiger partial charge is 0.316 e. The average molecular weight is 243 g/mol. The van der Waals surface area contributed by atoms with Crippen molar-refractivity contribution < 1.29 is 4.79 Å². The number of ketones is 1. The van der Waals surface area contributed by atoms with Gasteiger partial charge in [-0.3, -0.25) is 4.79 Å². The molecule has 0 spiro atoms. The molecule has 0 bridgehead atoms. The summed E-state index contributed by atoms with van der Waals surface area (Å²) in [6.07, 6.45) is 4.95. The Balaban J connectivity index is 1.83.